The molecule has 26 heavy (non-hydrogen) atoms. The Morgan fingerprint density at radius 3 is 2.46 bits per heavy atom. The smallest absolute Gasteiger partial charge is 0.134 e. The number of rotatable bonds is 5. The second-order valence-corrected chi connectivity index (χ2v) is 7.49. The molecule has 0 bridgehead atoms. The van der Waals surface area contributed by atoms with Crippen molar-refractivity contribution in [3.05, 3.63) is 91.9 Å². The highest BCUT2D eigenvalue weighted by molar-refractivity contribution is 9.10. The van der Waals surface area contributed by atoms with Gasteiger partial charge in [-0.3, -0.25) is 4.99 Å². The summed E-state index contributed by atoms with van der Waals surface area (Å²) in [5, 5.41) is 1.43. The van der Waals surface area contributed by atoms with E-state index in [0.717, 1.165) is 32.6 Å². The molecule has 0 N–H and O–H groups in total. The molecular weight excluding hydrogens is 433 g/mol. The molecule has 0 spiro atoms. The van der Waals surface area contributed by atoms with Gasteiger partial charge >= 0.3 is 0 Å². The Hall–Kier alpha value is -1.81. The maximum absolute atomic E-state index is 6.13. The van der Waals surface area contributed by atoms with Crippen molar-refractivity contribution in [3.8, 4) is 5.75 Å². The lowest BCUT2D eigenvalue weighted by Gasteiger charge is -2.09. The highest BCUT2D eigenvalue weighted by Crippen LogP contribution is 2.27. The van der Waals surface area contributed by atoms with Crippen molar-refractivity contribution in [2.45, 2.75) is 13.5 Å². The van der Waals surface area contributed by atoms with Crippen LogP contribution in [0.4, 0.5) is 5.69 Å². The van der Waals surface area contributed by atoms with E-state index in [2.05, 4.69) is 20.9 Å². The molecule has 3 aromatic rings. The van der Waals surface area contributed by atoms with Crippen LogP contribution in [0.3, 0.4) is 0 Å². The van der Waals surface area contributed by atoms with Crippen molar-refractivity contribution in [1.82, 2.24) is 0 Å². The highest BCUT2D eigenvalue weighted by atomic mass is 79.9. The second-order valence-electron chi connectivity index (χ2n) is 5.80. The van der Waals surface area contributed by atoms with Crippen LogP contribution < -0.4 is 4.74 Å². The third-order valence-electron chi connectivity index (χ3n) is 3.78. The number of aryl methyl sites for hydroxylation is 1. The van der Waals surface area contributed by atoms with Gasteiger partial charge in [-0.1, -0.05) is 41.4 Å². The molecule has 3 rings (SSSR count). The Morgan fingerprint density at radius 1 is 1.00 bits per heavy atom. The average Bonchev–Trinajstić information content (AvgIpc) is 2.63. The number of ether oxygens (including phenoxy) is 1. The summed E-state index contributed by atoms with van der Waals surface area (Å²) in [6.45, 7) is 2.45. The summed E-state index contributed by atoms with van der Waals surface area (Å²) in [6.07, 6.45) is 1.80. The minimum Gasteiger partial charge on any atom is -0.488 e. The van der Waals surface area contributed by atoms with Crippen molar-refractivity contribution in [1.29, 1.82) is 0 Å². The average molecular weight is 449 g/mol. The summed E-state index contributed by atoms with van der Waals surface area (Å²) in [5.41, 5.74) is 3.88. The summed E-state index contributed by atoms with van der Waals surface area (Å²) in [6, 6.07) is 19.2. The Labute approximate surface area is 171 Å². The van der Waals surface area contributed by atoms with Crippen LogP contribution in [-0.2, 0) is 6.61 Å². The molecule has 0 aromatic heterocycles. The van der Waals surface area contributed by atoms with Gasteiger partial charge in [0.25, 0.3) is 0 Å². The molecule has 0 unspecified atom stereocenters. The molecule has 0 radical (unpaired) electrons. The van der Waals surface area contributed by atoms with Gasteiger partial charge in [0.05, 0.1) is 10.2 Å². The number of benzene rings is 3. The molecule has 3 aromatic carbocycles. The van der Waals surface area contributed by atoms with Crippen LogP contribution in [-0.4, -0.2) is 6.21 Å². The third kappa shape index (κ3) is 5.10. The summed E-state index contributed by atoms with van der Waals surface area (Å²) < 4.78 is 6.73. The number of halogens is 3. The van der Waals surface area contributed by atoms with Gasteiger partial charge in [0.1, 0.15) is 12.4 Å². The predicted octanol–water partition coefficient (Wildman–Crippen LogP) is 7.39. The zero-order valence-electron chi connectivity index (χ0n) is 14.0. The molecule has 0 fully saturated rings. The number of aliphatic imine (C=N–C) groups is 1. The molecule has 2 nitrogen and oxygen atoms in total. The van der Waals surface area contributed by atoms with Crippen LogP contribution in [0.1, 0.15) is 16.7 Å². The highest BCUT2D eigenvalue weighted by Gasteiger charge is 2.03. The van der Waals surface area contributed by atoms with E-state index < -0.39 is 0 Å². The SMILES string of the molecule is Cc1ccc(N=Cc2ccc(OCc3ccc(Cl)cc3)c(Br)c2)cc1Cl. The molecule has 0 heterocycles. The van der Waals surface area contributed by atoms with Crippen molar-refractivity contribution in [2.75, 3.05) is 0 Å². The van der Waals surface area contributed by atoms with Crippen LogP contribution in [0.25, 0.3) is 0 Å². The lowest BCUT2D eigenvalue weighted by molar-refractivity contribution is 0.304. The van der Waals surface area contributed by atoms with Crippen LogP contribution in [0, 0.1) is 6.92 Å². The first-order chi connectivity index (χ1) is 12.5. The molecule has 0 saturated heterocycles. The fourth-order valence-electron chi connectivity index (χ4n) is 2.27. The first-order valence-electron chi connectivity index (χ1n) is 7.98. The zero-order chi connectivity index (χ0) is 18.5. The van der Waals surface area contributed by atoms with E-state index in [-0.39, 0.29) is 0 Å². The first kappa shape index (κ1) is 19.0. The van der Waals surface area contributed by atoms with Crippen LogP contribution in [0.15, 0.2) is 70.1 Å². The number of hydrogen-bond acceptors (Lipinski definition) is 2. The second kappa shape index (κ2) is 8.72. The van der Waals surface area contributed by atoms with E-state index in [4.69, 9.17) is 27.9 Å². The molecule has 0 atom stereocenters. The van der Waals surface area contributed by atoms with Gasteiger partial charge in [-0.25, -0.2) is 0 Å². The zero-order valence-corrected chi connectivity index (χ0v) is 17.1. The van der Waals surface area contributed by atoms with E-state index in [1.165, 1.54) is 0 Å². The predicted molar refractivity (Wildman–Crippen MR) is 113 cm³/mol. The summed E-state index contributed by atoms with van der Waals surface area (Å²) >= 11 is 15.6. The molecule has 5 heteroatoms. The van der Waals surface area contributed by atoms with Gasteiger partial charge in [-0.05, 0) is 82.0 Å². The van der Waals surface area contributed by atoms with Gasteiger partial charge in [-0.2, -0.15) is 0 Å². The van der Waals surface area contributed by atoms with Gasteiger partial charge in [0.2, 0.25) is 0 Å². The molecule has 0 amide bonds. The van der Waals surface area contributed by atoms with Gasteiger partial charge < -0.3 is 4.74 Å². The van der Waals surface area contributed by atoms with E-state index in [0.29, 0.717) is 16.7 Å². The van der Waals surface area contributed by atoms with E-state index in [9.17, 15) is 0 Å². The Balaban J connectivity index is 1.67. The Kier molecular flexibility index (Phi) is 6.36. The normalized spacial score (nSPS) is 11.1. The lowest BCUT2D eigenvalue weighted by Crippen LogP contribution is -1.96. The maximum Gasteiger partial charge on any atom is 0.134 e. The van der Waals surface area contributed by atoms with Crippen LogP contribution in [0.2, 0.25) is 10.0 Å². The first-order valence-corrected chi connectivity index (χ1v) is 9.53. The lowest BCUT2D eigenvalue weighted by atomic mass is 10.2. The van der Waals surface area contributed by atoms with E-state index in [1.54, 1.807) is 6.21 Å². The van der Waals surface area contributed by atoms with E-state index >= 15 is 0 Å². The van der Waals surface area contributed by atoms with Gasteiger partial charge in [0, 0.05) is 16.3 Å². The van der Waals surface area contributed by atoms with Gasteiger partial charge in [0.15, 0.2) is 0 Å². The third-order valence-corrected chi connectivity index (χ3v) is 5.06. The minimum absolute atomic E-state index is 0.477. The summed E-state index contributed by atoms with van der Waals surface area (Å²) in [4.78, 5) is 4.47. The fourth-order valence-corrected chi connectivity index (χ4v) is 3.08. The molecule has 132 valence electrons. The molecule has 0 aliphatic carbocycles. The molecule has 0 aliphatic heterocycles. The van der Waals surface area contributed by atoms with Crippen LogP contribution >= 0.6 is 39.1 Å². The van der Waals surface area contributed by atoms with Crippen LogP contribution in [0.5, 0.6) is 5.75 Å². The monoisotopic (exact) mass is 447 g/mol. The van der Waals surface area contributed by atoms with Gasteiger partial charge in [-0.15, -0.1) is 0 Å². The minimum atomic E-state index is 0.477. The van der Waals surface area contributed by atoms with Crippen molar-refractivity contribution >= 4 is 51.0 Å². The van der Waals surface area contributed by atoms with Crippen molar-refractivity contribution < 1.29 is 4.74 Å². The summed E-state index contributed by atoms with van der Waals surface area (Å²) in [5.74, 6) is 0.774. The van der Waals surface area contributed by atoms with Crippen molar-refractivity contribution in [2.24, 2.45) is 4.99 Å². The maximum atomic E-state index is 6.13. The summed E-state index contributed by atoms with van der Waals surface area (Å²) in [7, 11) is 0. The molecular formula is C21H16BrCl2NO. The fraction of sp³-hybridized carbons (Fsp3) is 0.0952. The van der Waals surface area contributed by atoms with E-state index in [1.807, 2.05) is 67.6 Å². The topological polar surface area (TPSA) is 21.6 Å². The van der Waals surface area contributed by atoms with Crippen molar-refractivity contribution in [3.63, 3.8) is 0 Å². The molecule has 0 saturated carbocycles. The number of nitrogens with zero attached hydrogens (tertiary/aromatic N) is 1. The Morgan fingerprint density at radius 2 is 1.77 bits per heavy atom. The number of hydrogen-bond donors (Lipinski definition) is 0. The Bertz CT molecular complexity index is 939. The molecule has 0 aliphatic rings. The standard InChI is InChI=1S/C21H16BrCl2NO/c1-14-2-8-18(11-20(14)24)25-12-16-5-9-21(19(22)10-16)26-13-15-3-6-17(23)7-4-15/h2-12H,13H2,1H3. The largest absolute Gasteiger partial charge is 0.488 e. The quantitative estimate of drug-likeness (QED) is 0.372.